The van der Waals surface area contributed by atoms with E-state index >= 15 is 0 Å². The molecule has 116 valence electrons. The zero-order valence-corrected chi connectivity index (χ0v) is 13.2. The maximum Gasteiger partial charge on any atom is 0.0521 e. The van der Waals surface area contributed by atoms with Crippen LogP contribution < -0.4 is 5.32 Å². The number of nitrogens with zero attached hydrogens (tertiary/aromatic N) is 1. The summed E-state index contributed by atoms with van der Waals surface area (Å²) in [5, 5.41) is 3.69. The molecule has 3 unspecified atom stereocenters. The summed E-state index contributed by atoms with van der Waals surface area (Å²) < 4.78 is 5.76. The fourth-order valence-corrected chi connectivity index (χ4v) is 4.76. The quantitative estimate of drug-likeness (QED) is 0.838. The number of hydrogen-bond acceptors (Lipinski definition) is 3. The summed E-state index contributed by atoms with van der Waals surface area (Å²) in [5.41, 5.74) is 0. The zero-order chi connectivity index (χ0) is 13.8. The van der Waals surface area contributed by atoms with E-state index in [-0.39, 0.29) is 0 Å². The van der Waals surface area contributed by atoms with E-state index in [0.717, 1.165) is 31.7 Å². The monoisotopic (exact) mass is 280 g/mol. The van der Waals surface area contributed by atoms with Crippen LogP contribution in [0.15, 0.2) is 0 Å². The molecule has 0 radical (unpaired) electrons. The van der Waals surface area contributed by atoms with Crippen LogP contribution in [0.1, 0.15) is 51.9 Å². The maximum absolute atomic E-state index is 5.76. The van der Waals surface area contributed by atoms with Gasteiger partial charge in [0.15, 0.2) is 0 Å². The van der Waals surface area contributed by atoms with Crippen molar-refractivity contribution in [1.29, 1.82) is 0 Å². The summed E-state index contributed by atoms with van der Waals surface area (Å²) in [6.07, 6.45) is 9.98. The third kappa shape index (κ3) is 3.37. The van der Waals surface area contributed by atoms with Crippen LogP contribution in [0.5, 0.6) is 0 Å². The molecule has 3 fully saturated rings. The van der Waals surface area contributed by atoms with E-state index in [1.807, 2.05) is 0 Å². The van der Waals surface area contributed by atoms with Gasteiger partial charge in [-0.1, -0.05) is 19.8 Å². The van der Waals surface area contributed by atoms with Gasteiger partial charge in [0.1, 0.15) is 0 Å². The normalized spacial score (nSPS) is 36.8. The first-order chi connectivity index (χ1) is 9.88. The van der Waals surface area contributed by atoms with Gasteiger partial charge in [-0.15, -0.1) is 0 Å². The van der Waals surface area contributed by atoms with Crippen molar-refractivity contribution in [2.75, 3.05) is 32.8 Å². The molecule has 3 nitrogen and oxygen atoms in total. The van der Waals surface area contributed by atoms with Crippen LogP contribution >= 0.6 is 0 Å². The highest BCUT2D eigenvalue weighted by Gasteiger charge is 2.36. The first-order valence-electron chi connectivity index (χ1n) is 8.93. The molecule has 1 saturated carbocycles. The van der Waals surface area contributed by atoms with Crippen LogP contribution in [0.3, 0.4) is 0 Å². The van der Waals surface area contributed by atoms with Gasteiger partial charge < -0.3 is 10.1 Å². The molecule has 0 bridgehead atoms. The number of ether oxygens (including phenoxy) is 1. The number of nitrogens with one attached hydrogen (secondary N) is 1. The van der Waals surface area contributed by atoms with Gasteiger partial charge in [0.05, 0.1) is 6.61 Å². The minimum Gasteiger partial charge on any atom is -0.381 e. The molecule has 3 rings (SSSR count). The standard InChI is InChI=1S/C17H32N2O/c1-2-18-16-9-11-20-13-15(16)12-19-10-5-8-17(19)14-6-3-4-7-14/h14-18H,2-13H2,1H3. The highest BCUT2D eigenvalue weighted by molar-refractivity contribution is 4.90. The molecule has 0 aromatic rings. The van der Waals surface area contributed by atoms with E-state index in [1.165, 1.54) is 58.0 Å². The molecular weight excluding hydrogens is 248 g/mol. The lowest BCUT2D eigenvalue weighted by Gasteiger charge is -2.38. The van der Waals surface area contributed by atoms with E-state index in [9.17, 15) is 0 Å². The average Bonchev–Trinajstić information content (AvgIpc) is 3.11. The molecule has 0 amide bonds. The topological polar surface area (TPSA) is 24.5 Å². The van der Waals surface area contributed by atoms with Crippen LogP contribution in [-0.2, 0) is 4.74 Å². The molecular formula is C17H32N2O. The maximum atomic E-state index is 5.76. The lowest BCUT2D eigenvalue weighted by molar-refractivity contribution is 0.0117. The summed E-state index contributed by atoms with van der Waals surface area (Å²) in [6.45, 7) is 7.82. The Labute approximate surface area is 124 Å². The fourth-order valence-electron chi connectivity index (χ4n) is 4.76. The number of hydrogen-bond donors (Lipinski definition) is 1. The lowest BCUT2D eigenvalue weighted by Crippen LogP contribution is -2.49. The number of likely N-dealkylation sites (tertiary alicyclic amines) is 1. The SMILES string of the molecule is CCNC1CCOCC1CN1CCCC1C1CCCC1. The molecule has 3 atom stereocenters. The molecule has 2 aliphatic heterocycles. The predicted molar refractivity (Wildman–Crippen MR) is 82.9 cm³/mol. The molecule has 0 aromatic heterocycles. The Morgan fingerprint density at radius 2 is 1.95 bits per heavy atom. The Balaban J connectivity index is 1.57. The Bertz CT molecular complexity index is 289. The smallest absolute Gasteiger partial charge is 0.0521 e. The third-order valence-electron chi connectivity index (χ3n) is 5.77. The van der Waals surface area contributed by atoms with E-state index in [4.69, 9.17) is 4.74 Å². The van der Waals surface area contributed by atoms with Crippen LogP contribution in [-0.4, -0.2) is 49.8 Å². The van der Waals surface area contributed by atoms with Gasteiger partial charge in [-0.25, -0.2) is 0 Å². The second-order valence-electron chi connectivity index (χ2n) is 7.04. The second kappa shape index (κ2) is 7.24. The fraction of sp³-hybridized carbons (Fsp3) is 1.00. The summed E-state index contributed by atoms with van der Waals surface area (Å²) in [6, 6.07) is 1.57. The van der Waals surface area contributed by atoms with Crippen molar-refractivity contribution in [1.82, 2.24) is 10.2 Å². The van der Waals surface area contributed by atoms with Crippen molar-refractivity contribution >= 4 is 0 Å². The molecule has 2 heterocycles. The Morgan fingerprint density at radius 1 is 1.10 bits per heavy atom. The summed E-state index contributed by atoms with van der Waals surface area (Å²) in [5.74, 6) is 1.70. The Hall–Kier alpha value is -0.120. The van der Waals surface area contributed by atoms with Gasteiger partial charge in [-0.2, -0.15) is 0 Å². The Kier molecular flexibility index (Phi) is 5.36. The van der Waals surface area contributed by atoms with Gasteiger partial charge in [0, 0.05) is 31.2 Å². The molecule has 0 aromatic carbocycles. The van der Waals surface area contributed by atoms with Crippen LogP contribution in [0, 0.1) is 11.8 Å². The minimum atomic E-state index is 0.679. The van der Waals surface area contributed by atoms with Crippen LogP contribution in [0.2, 0.25) is 0 Å². The average molecular weight is 280 g/mol. The second-order valence-corrected chi connectivity index (χ2v) is 7.04. The first kappa shape index (κ1) is 14.8. The van der Waals surface area contributed by atoms with Crippen LogP contribution in [0.4, 0.5) is 0 Å². The molecule has 1 N–H and O–H groups in total. The van der Waals surface area contributed by atoms with E-state index in [0.29, 0.717) is 12.0 Å². The first-order valence-corrected chi connectivity index (χ1v) is 8.93. The van der Waals surface area contributed by atoms with E-state index in [1.54, 1.807) is 0 Å². The summed E-state index contributed by atoms with van der Waals surface area (Å²) >= 11 is 0. The van der Waals surface area contributed by atoms with Gasteiger partial charge in [0.25, 0.3) is 0 Å². The largest absolute Gasteiger partial charge is 0.381 e. The van der Waals surface area contributed by atoms with Gasteiger partial charge >= 0.3 is 0 Å². The number of rotatable bonds is 5. The van der Waals surface area contributed by atoms with E-state index < -0.39 is 0 Å². The molecule has 0 spiro atoms. The molecule has 3 heteroatoms. The van der Waals surface area contributed by atoms with Crippen molar-refractivity contribution in [3.8, 4) is 0 Å². The molecule has 2 saturated heterocycles. The van der Waals surface area contributed by atoms with Crippen molar-refractivity contribution in [2.24, 2.45) is 11.8 Å². The van der Waals surface area contributed by atoms with Crippen molar-refractivity contribution < 1.29 is 4.74 Å². The zero-order valence-electron chi connectivity index (χ0n) is 13.2. The van der Waals surface area contributed by atoms with Gasteiger partial charge in [-0.05, 0) is 51.1 Å². The van der Waals surface area contributed by atoms with Crippen molar-refractivity contribution in [2.45, 2.75) is 64.0 Å². The summed E-state index contributed by atoms with van der Waals surface area (Å²) in [4.78, 5) is 2.82. The van der Waals surface area contributed by atoms with Crippen molar-refractivity contribution in [3.05, 3.63) is 0 Å². The minimum absolute atomic E-state index is 0.679. The third-order valence-corrected chi connectivity index (χ3v) is 5.77. The van der Waals surface area contributed by atoms with E-state index in [2.05, 4.69) is 17.1 Å². The molecule has 3 aliphatic rings. The Morgan fingerprint density at radius 3 is 2.75 bits per heavy atom. The van der Waals surface area contributed by atoms with Crippen molar-refractivity contribution in [3.63, 3.8) is 0 Å². The van der Waals surface area contributed by atoms with Gasteiger partial charge in [0.2, 0.25) is 0 Å². The molecule has 1 aliphatic carbocycles. The van der Waals surface area contributed by atoms with Gasteiger partial charge in [-0.3, -0.25) is 4.90 Å². The molecule has 20 heavy (non-hydrogen) atoms. The highest BCUT2D eigenvalue weighted by Crippen LogP contribution is 2.36. The van der Waals surface area contributed by atoms with Crippen LogP contribution in [0.25, 0.3) is 0 Å². The highest BCUT2D eigenvalue weighted by atomic mass is 16.5. The summed E-state index contributed by atoms with van der Waals surface area (Å²) in [7, 11) is 0. The predicted octanol–water partition coefficient (Wildman–Crippen LogP) is 2.66. The lowest BCUT2D eigenvalue weighted by atomic mass is 9.92.